The van der Waals surface area contributed by atoms with Gasteiger partial charge in [-0.25, -0.2) is 9.97 Å². The number of aliphatic imine (C=N–C) groups is 2. The van der Waals surface area contributed by atoms with Crippen LogP contribution in [0.25, 0.3) is 22.8 Å². The van der Waals surface area contributed by atoms with Gasteiger partial charge < -0.3 is 0 Å². The number of aromatic nitrogens is 4. The zero-order valence-corrected chi connectivity index (χ0v) is 25.3. The fourth-order valence-corrected chi connectivity index (χ4v) is 5.76. The van der Waals surface area contributed by atoms with Crippen molar-refractivity contribution < 1.29 is 4.57 Å². The van der Waals surface area contributed by atoms with E-state index in [1.807, 2.05) is 73.0 Å². The summed E-state index contributed by atoms with van der Waals surface area (Å²) in [5.74, 6) is 0. The van der Waals surface area contributed by atoms with Crippen LogP contribution in [0.15, 0.2) is 83.0 Å². The molecule has 1 aliphatic rings. The highest BCUT2D eigenvalue weighted by Crippen LogP contribution is 2.33. The molecule has 3 aromatic heterocycles. The first-order chi connectivity index (χ1) is 21.8. The quantitative estimate of drug-likeness (QED) is 0.0818. The number of aryl methyl sites for hydroxylation is 1. The van der Waals surface area contributed by atoms with Crippen LogP contribution in [0.1, 0.15) is 93.6 Å². The smallest absolute Gasteiger partial charge is 0.233 e. The highest BCUT2D eigenvalue weighted by Gasteiger charge is 2.33. The Labute approximate surface area is 259 Å². The zero-order chi connectivity index (χ0) is 30.6. The van der Waals surface area contributed by atoms with E-state index in [1.165, 1.54) is 57.8 Å². The fraction of sp³-hybridized carbons (Fsp3) is 0.333. The Bertz CT molecular complexity index is 1730. The number of rotatable bonds is 13. The molecule has 0 fully saturated rings. The van der Waals surface area contributed by atoms with Gasteiger partial charge >= 0.3 is 0 Å². The maximum atomic E-state index is 9.64. The predicted molar refractivity (Wildman–Crippen MR) is 172 cm³/mol. The van der Waals surface area contributed by atoms with Crippen molar-refractivity contribution in [2.45, 2.75) is 77.7 Å². The van der Waals surface area contributed by atoms with Gasteiger partial charge in [0.1, 0.15) is 35.0 Å². The number of benzene rings is 1. The van der Waals surface area contributed by atoms with E-state index in [9.17, 15) is 10.5 Å². The molecule has 8 nitrogen and oxygen atoms in total. The first-order valence-corrected chi connectivity index (χ1v) is 15.6. The molecule has 1 aliphatic carbocycles. The highest BCUT2D eigenvalue weighted by molar-refractivity contribution is 6.30. The summed E-state index contributed by atoms with van der Waals surface area (Å²) in [5.41, 5.74) is 5.77. The lowest BCUT2D eigenvalue weighted by Gasteiger charge is -2.22. The van der Waals surface area contributed by atoms with Crippen LogP contribution < -0.4 is 4.57 Å². The molecule has 5 rings (SSSR count). The average Bonchev–Trinajstić information content (AvgIpc) is 3.07. The molecule has 220 valence electrons. The molecular formula is C36H37N8+. The van der Waals surface area contributed by atoms with Crippen molar-refractivity contribution in [2.24, 2.45) is 9.98 Å². The molecule has 0 saturated heterocycles. The van der Waals surface area contributed by atoms with Gasteiger partial charge in [0.2, 0.25) is 18.1 Å². The van der Waals surface area contributed by atoms with E-state index >= 15 is 0 Å². The maximum Gasteiger partial charge on any atom is 0.233 e. The molecule has 0 bridgehead atoms. The second-order valence-corrected chi connectivity index (χ2v) is 11.0. The Morgan fingerprint density at radius 1 is 0.636 bits per heavy atom. The van der Waals surface area contributed by atoms with Crippen LogP contribution >= 0.6 is 0 Å². The van der Waals surface area contributed by atoms with E-state index in [2.05, 4.69) is 32.7 Å². The molecule has 8 heteroatoms. The number of fused-ring (bicyclic) bond motifs is 2. The number of nitrogens with zero attached hydrogens (tertiary/aromatic N) is 8. The summed E-state index contributed by atoms with van der Waals surface area (Å²) in [6.45, 7) is 3.10. The van der Waals surface area contributed by atoms with E-state index in [1.54, 1.807) is 6.20 Å². The van der Waals surface area contributed by atoms with E-state index in [-0.39, 0.29) is 0 Å². The van der Waals surface area contributed by atoms with Gasteiger partial charge in [-0.3, -0.25) is 4.98 Å². The lowest BCUT2D eigenvalue weighted by molar-refractivity contribution is -0.686. The van der Waals surface area contributed by atoms with Crippen molar-refractivity contribution in [2.75, 3.05) is 0 Å². The summed E-state index contributed by atoms with van der Waals surface area (Å²) in [4.78, 5) is 23.2. The van der Waals surface area contributed by atoms with Crippen LogP contribution in [0.3, 0.4) is 0 Å². The van der Waals surface area contributed by atoms with Crippen molar-refractivity contribution in [3.63, 3.8) is 0 Å². The van der Waals surface area contributed by atoms with Gasteiger partial charge in [0, 0.05) is 35.9 Å². The second kappa shape index (κ2) is 15.4. The number of pyridine rings is 2. The Morgan fingerprint density at radius 3 is 1.80 bits per heavy atom. The molecular weight excluding hydrogens is 544 g/mol. The molecule has 0 atom stereocenters. The van der Waals surface area contributed by atoms with Gasteiger partial charge in [0.05, 0.1) is 5.69 Å². The van der Waals surface area contributed by atoms with Crippen LogP contribution in [0.5, 0.6) is 0 Å². The van der Waals surface area contributed by atoms with E-state index in [0.29, 0.717) is 51.0 Å². The number of unbranched alkanes of at least 4 members (excludes halogenated alkanes) is 9. The molecule has 0 unspecified atom stereocenters. The normalized spacial score (nSPS) is 13.7. The van der Waals surface area contributed by atoms with Gasteiger partial charge in [-0.15, -0.1) is 0 Å². The van der Waals surface area contributed by atoms with Crippen molar-refractivity contribution in [3.05, 3.63) is 95.6 Å². The maximum absolute atomic E-state index is 9.64. The largest absolute Gasteiger partial charge is 0.255 e. The molecule has 4 aromatic rings. The van der Waals surface area contributed by atoms with Crippen molar-refractivity contribution in [1.29, 1.82) is 10.5 Å². The van der Waals surface area contributed by atoms with Crippen molar-refractivity contribution in [1.82, 2.24) is 15.0 Å². The molecule has 0 N–H and O–H groups in total. The Balaban J connectivity index is 1.50. The Morgan fingerprint density at radius 2 is 1.20 bits per heavy atom. The van der Waals surface area contributed by atoms with Gasteiger partial charge in [-0.2, -0.15) is 25.1 Å². The van der Waals surface area contributed by atoms with Crippen molar-refractivity contribution >= 4 is 11.4 Å². The first-order valence-electron chi connectivity index (χ1n) is 15.6. The van der Waals surface area contributed by atoms with Crippen molar-refractivity contribution in [3.8, 4) is 35.2 Å². The molecule has 3 heterocycles. The number of hydrogen-bond acceptors (Lipinski definition) is 7. The van der Waals surface area contributed by atoms with E-state index < -0.39 is 0 Å². The minimum atomic E-state index is 0.400. The van der Waals surface area contributed by atoms with Gasteiger partial charge in [0.25, 0.3) is 0 Å². The van der Waals surface area contributed by atoms with E-state index in [4.69, 9.17) is 9.97 Å². The lowest BCUT2D eigenvalue weighted by atomic mass is 9.88. The van der Waals surface area contributed by atoms with Gasteiger partial charge in [-0.1, -0.05) is 88.6 Å². The standard InChI is InChI=1S/C36H37N8/c1-2-3-4-5-6-7-8-9-10-16-23-44-24-17-14-21-30(44)34-33(29-20-13-15-22-39-29)42-35-31(40-25-37)27-18-11-12-19-28(27)32(41-26-38)36(35)43-34/h11-15,17-22,24H,2-10,16,23H2,1H3/q+1. The highest BCUT2D eigenvalue weighted by atomic mass is 15.0. The SMILES string of the molecule is CCCCCCCCCCCC[n+]1ccccc1-c1nc2c(nc1-c1ccccn1)C(=NC#N)c1ccccc1C2=NC#N. The average molecular weight is 582 g/mol. The third kappa shape index (κ3) is 6.93. The lowest BCUT2D eigenvalue weighted by Crippen LogP contribution is -2.36. The molecule has 0 saturated carbocycles. The number of nitriles is 2. The summed E-state index contributed by atoms with van der Waals surface area (Å²) >= 11 is 0. The summed E-state index contributed by atoms with van der Waals surface area (Å²) in [6.07, 6.45) is 20.4. The van der Waals surface area contributed by atoms with Crippen LogP contribution in [0.4, 0.5) is 0 Å². The van der Waals surface area contributed by atoms with Crippen LogP contribution in [0, 0.1) is 22.9 Å². The molecule has 0 radical (unpaired) electrons. The van der Waals surface area contributed by atoms with Gasteiger partial charge in [0.15, 0.2) is 11.9 Å². The molecule has 0 aliphatic heterocycles. The first kappa shape index (κ1) is 30.4. The fourth-order valence-electron chi connectivity index (χ4n) is 5.76. The van der Waals surface area contributed by atoms with Crippen LogP contribution in [-0.4, -0.2) is 26.4 Å². The van der Waals surface area contributed by atoms with Gasteiger partial charge in [-0.05, 0) is 24.6 Å². The minimum absolute atomic E-state index is 0.400. The third-order valence-corrected chi connectivity index (χ3v) is 7.95. The monoisotopic (exact) mass is 581 g/mol. The zero-order valence-electron chi connectivity index (χ0n) is 25.3. The molecule has 1 aromatic carbocycles. The second-order valence-electron chi connectivity index (χ2n) is 11.0. The Hall–Kier alpha value is -5.08. The number of hydrogen-bond donors (Lipinski definition) is 0. The molecule has 0 spiro atoms. The van der Waals surface area contributed by atoms with E-state index in [0.717, 1.165) is 18.7 Å². The molecule has 44 heavy (non-hydrogen) atoms. The predicted octanol–water partition coefficient (Wildman–Crippen LogP) is 7.36. The summed E-state index contributed by atoms with van der Waals surface area (Å²) in [6, 6.07) is 19.2. The summed E-state index contributed by atoms with van der Waals surface area (Å²) < 4.78 is 2.22. The minimum Gasteiger partial charge on any atom is -0.255 e. The van der Waals surface area contributed by atoms with Crippen LogP contribution in [-0.2, 0) is 6.54 Å². The summed E-state index contributed by atoms with van der Waals surface area (Å²) in [5, 5.41) is 19.2. The van der Waals surface area contributed by atoms with Crippen LogP contribution in [0.2, 0.25) is 0 Å². The topological polar surface area (TPSA) is 115 Å². The molecule has 0 amide bonds. The third-order valence-electron chi connectivity index (χ3n) is 7.95. The Kier molecular flexibility index (Phi) is 10.6. The summed E-state index contributed by atoms with van der Waals surface area (Å²) in [7, 11) is 0.